The van der Waals surface area contributed by atoms with Gasteiger partial charge in [0.05, 0.1) is 17.2 Å². The van der Waals surface area contributed by atoms with Crippen molar-refractivity contribution in [3.05, 3.63) is 28.0 Å². The van der Waals surface area contributed by atoms with Gasteiger partial charge in [0.2, 0.25) is 0 Å². The van der Waals surface area contributed by atoms with Crippen molar-refractivity contribution in [3.63, 3.8) is 0 Å². The highest BCUT2D eigenvalue weighted by Crippen LogP contribution is 2.24. The zero-order chi connectivity index (χ0) is 13.7. The lowest BCUT2D eigenvalue weighted by Gasteiger charge is -2.06. The molecule has 4 nitrogen and oxygen atoms in total. The highest BCUT2D eigenvalue weighted by Gasteiger charge is 2.17. The van der Waals surface area contributed by atoms with Crippen molar-refractivity contribution in [2.24, 2.45) is 0 Å². The molecule has 2 heterocycles. The Labute approximate surface area is 117 Å². The van der Waals surface area contributed by atoms with E-state index in [4.69, 9.17) is 4.74 Å². The third-order valence-corrected chi connectivity index (χ3v) is 4.14. The summed E-state index contributed by atoms with van der Waals surface area (Å²) in [5.41, 5.74) is 0.265. The molecule has 19 heavy (non-hydrogen) atoms. The van der Waals surface area contributed by atoms with E-state index >= 15 is 0 Å². The molecule has 0 radical (unpaired) electrons. The number of thioether (sulfide) groups is 1. The predicted octanol–water partition coefficient (Wildman–Crippen LogP) is 2.69. The van der Waals surface area contributed by atoms with E-state index in [9.17, 15) is 9.59 Å². The van der Waals surface area contributed by atoms with Crippen molar-refractivity contribution in [2.75, 3.05) is 12.4 Å². The lowest BCUT2D eigenvalue weighted by Crippen LogP contribution is -2.20. The number of esters is 1. The Kier molecular flexibility index (Phi) is 5.07. The topological polar surface area (TPSA) is 48.3 Å². The van der Waals surface area contributed by atoms with Crippen LogP contribution in [0, 0.1) is 0 Å². The third-order valence-electron chi connectivity index (χ3n) is 3.12. The summed E-state index contributed by atoms with van der Waals surface area (Å²) in [7, 11) is 0. The summed E-state index contributed by atoms with van der Waals surface area (Å²) in [6.45, 7) is 3.30. The monoisotopic (exact) mass is 281 g/mol. The second kappa shape index (κ2) is 6.80. The molecule has 0 amide bonds. The lowest BCUT2D eigenvalue weighted by molar-refractivity contribution is 0.0497. The van der Waals surface area contributed by atoms with Crippen LogP contribution in [0.2, 0.25) is 0 Å². The first-order valence-corrected chi connectivity index (χ1v) is 7.75. The van der Waals surface area contributed by atoms with Crippen molar-refractivity contribution in [2.45, 2.75) is 44.2 Å². The highest BCUT2D eigenvalue weighted by atomic mass is 32.2. The molecule has 1 aliphatic heterocycles. The highest BCUT2D eigenvalue weighted by molar-refractivity contribution is 7.99. The summed E-state index contributed by atoms with van der Waals surface area (Å²) in [5.74, 6) is 0.509. The van der Waals surface area contributed by atoms with E-state index in [2.05, 4.69) is 6.92 Å². The maximum atomic E-state index is 11.8. The van der Waals surface area contributed by atoms with E-state index in [0.29, 0.717) is 12.2 Å². The number of fused-ring (bicyclic) bond motifs is 1. The van der Waals surface area contributed by atoms with Crippen LogP contribution in [0.5, 0.6) is 0 Å². The van der Waals surface area contributed by atoms with E-state index in [-0.39, 0.29) is 11.5 Å². The number of rotatable bonds is 6. The molecule has 0 aromatic carbocycles. The maximum Gasteiger partial charge on any atom is 0.338 e. The van der Waals surface area contributed by atoms with Crippen molar-refractivity contribution in [1.29, 1.82) is 0 Å². The van der Waals surface area contributed by atoms with Crippen molar-refractivity contribution in [3.8, 4) is 0 Å². The second-order valence-corrected chi connectivity index (χ2v) is 5.73. The summed E-state index contributed by atoms with van der Waals surface area (Å²) in [4.78, 5) is 23.6. The zero-order valence-corrected chi connectivity index (χ0v) is 12.0. The Morgan fingerprint density at radius 1 is 1.37 bits per heavy atom. The second-order valence-electron chi connectivity index (χ2n) is 4.62. The van der Waals surface area contributed by atoms with Crippen LogP contribution in [0.15, 0.2) is 22.0 Å². The summed E-state index contributed by atoms with van der Waals surface area (Å²) in [6.07, 6.45) is 4.28. The zero-order valence-electron chi connectivity index (χ0n) is 11.2. The molecular weight excluding hydrogens is 262 g/mol. The fraction of sp³-hybridized carbons (Fsp3) is 0.571. The van der Waals surface area contributed by atoms with Gasteiger partial charge in [-0.25, -0.2) is 4.79 Å². The molecule has 0 unspecified atom stereocenters. The average Bonchev–Trinajstić information content (AvgIpc) is 2.87. The van der Waals surface area contributed by atoms with Gasteiger partial charge >= 0.3 is 5.97 Å². The van der Waals surface area contributed by atoms with Crippen molar-refractivity contribution >= 4 is 17.7 Å². The van der Waals surface area contributed by atoms with Crippen LogP contribution in [0.3, 0.4) is 0 Å². The van der Waals surface area contributed by atoms with E-state index in [0.717, 1.165) is 43.0 Å². The Balaban J connectivity index is 1.93. The fourth-order valence-corrected chi connectivity index (χ4v) is 3.08. The largest absolute Gasteiger partial charge is 0.462 e. The molecule has 1 aromatic heterocycles. The summed E-state index contributed by atoms with van der Waals surface area (Å²) in [5, 5.41) is 0.866. The van der Waals surface area contributed by atoms with E-state index < -0.39 is 0 Å². The van der Waals surface area contributed by atoms with Crippen LogP contribution >= 0.6 is 11.8 Å². The van der Waals surface area contributed by atoms with E-state index in [1.807, 2.05) is 0 Å². The number of hydrogen-bond donors (Lipinski definition) is 0. The van der Waals surface area contributed by atoms with Gasteiger partial charge in [-0.1, -0.05) is 26.2 Å². The molecule has 0 atom stereocenters. The minimum atomic E-state index is -0.385. The standard InChI is InChI=1S/C14H19NO3S/c1-2-3-4-5-7-18-14(17)11-9-12(16)15-6-8-19-13(15)10-11/h9-10H,2-8H2,1H3. The van der Waals surface area contributed by atoms with Gasteiger partial charge in [0, 0.05) is 18.4 Å². The van der Waals surface area contributed by atoms with Crippen molar-refractivity contribution in [1.82, 2.24) is 4.57 Å². The SMILES string of the molecule is CCCCCCOC(=O)c1cc2n(c(=O)c1)CCS2. The molecule has 0 bridgehead atoms. The Bertz CT molecular complexity index is 510. The minimum absolute atomic E-state index is 0.111. The quantitative estimate of drug-likeness (QED) is 0.594. The molecule has 104 valence electrons. The van der Waals surface area contributed by atoms with E-state index in [1.54, 1.807) is 22.4 Å². The first-order valence-electron chi connectivity index (χ1n) is 6.77. The maximum absolute atomic E-state index is 11.8. The lowest BCUT2D eigenvalue weighted by atomic mass is 10.2. The van der Waals surface area contributed by atoms with Gasteiger partial charge in [-0.3, -0.25) is 4.79 Å². The minimum Gasteiger partial charge on any atom is -0.462 e. The smallest absolute Gasteiger partial charge is 0.338 e. The van der Waals surface area contributed by atoms with Crippen LogP contribution < -0.4 is 5.56 Å². The third kappa shape index (κ3) is 3.62. The van der Waals surface area contributed by atoms with Gasteiger partial charge in [-0.05, 0) is 12.5 Å². The van der Waals surface area contributed by atoms with Crippen LogP contribution in [0.25, 0.3) is 0 Å². The number of aromatic nitrogens is 1. The molecule has 0 fully saturated rings. The normalized spacial score (nSPS) is 13.3. The van der Waals surface area contributed by atoms with Crippen LogP contribution in [0.4, 0.5) is 0 Å². The first-order chi connectivity index (χ1) is 9.22. The Morgan fingerprint density at radius 2 is 2.21 bits per heavy atom. The number of ether oxygens (including phenoxy) is 1. The van der Waals surface area contributed by atoms with Gasteiger partial charge in [0.15, 0.2) is 0 Å². The van der Waals surface area contributed by atoms with Gasteiger partial charge < -0.3 is 9.30 Å². The first kappa shape index (κ1) is 14.2. The number of carbonyl (C=O) groups excluding carboxylic acids is 1. The number of unbranched alkanes of at least 4 members (excludes halogenated alkanes) is 3. The molecule has 5 heteroatoms. The molecule has 1 aromatic rings. The summed E-state index contributed by atoms with van der Waals surface area (Å²) >= 11 is 1.60. The van der Waals surface area contributed by atoms with Gasteiger partial charge in [0.25, 0.3) is 5.56 Å². The Morgan fingerprint density at radius 3 is 3.00 bits per heavy atom. The molecule has 0 saturated heterocycles. The number of hydrogen-bond acceptors (Lipinski definition) is 4. The average molecular weight is 281 g/mol. The molecule has 0 spiro atoms. The molecule has 2 rings (SSSR count). The number of pyridine rings is 1. The number of nitrogens with zero attached hydrogens (tertiary/aromatic N) is 1. The molecule has 0 saturated carbocycles. The van der Waals surface area contributed by atoms with Gasteiger partial charge in [-0.2, -0.15) is 0 Å². The predicted molar refractivity (Wildman–Crippen MR) is 75.9 cm³/mol. The van der Waals surface area contributed by atoms with Crippen LogP contribution in [0.1, 0.15) is 43.0 Å². The Hall–Kier alpha value is -1.23. The van der Waals surface area contributed by atoms with Crippen molar-refractivity contribution < 1.29 is 9.53 Å². The van der Waals surface area contributed by atoms with Crippen LogP contribution in [-0.2, 0) is 11.3 Å². The number of carbonyl (C=O) groups is 1. The van der Waals surface area contributed by atoms with Gasteiger partial charge in [0.1, 0.15) is 0 Å². The molecule has 0 aliphatic carbocycles. The van der Waals surface area contributed by atoms with E-state index in [1.165, 1.54) is 6.07 Å². The fourth-order valence-electron chi connectivity index (χ4n) is 2.05. The molecular formula is C14H19NO3S. The van der Waals surface area contributed by atoms with Crippen LogP contribution in [-0.4, -0.2) is 22.9 Å². The summed E-state index contributed by atoms with van der Waals surface area (Å²) in [6, 6.07) is 3.14. The molecule has 1 aliphatic rings. The summed E-state index contributed by atoms with van der Waals surface area (Å²) < 4.78 is 6.89. The molecule has 0 N–H and O–H groups in total. The van der Waals surface area contributed by atoms with Gasteiger partial charge in [-0.15, -0.1) is 11.8 Å².